The number of hydrogen-bond donors (Lipinski definition) is 3. The zero-order valence-electron chi connectivity index (χ0n) is 16.7. The smallest absolute Gasteiger partial charge is 0.310 e. The van der Waals surface area contributed by atoms with E-state index in [0.29, 0.717) is 33.8 Å². The summed E-state index contributed by atoms with van der Waals surface area (Å²) >= 11 is -2.39. The molecular weight excluding hydrogens is 436 g/mol. The first kappa shape index (κ1) is 21.4. The lowest BCUT2D eigenvalue weighted by Crippen LogP contribution is -2.15. The lowest BCUT2D eigenvalue weighted by molar-refractivity contribution is -0.385. The molecule has 1 unspecified atom stereocenters. The number of anilines is 3. The Morgan fingerprint density at radius 2 is 1.75 bits per heavy atom. The van der Waals surface area contributed by atoms with E-state index in [-0.39, 0.29) is 23.9 Å². The second-order valence-electron chi connectivity index (χ2n) is 6.92. The molecule has 0 saturated heterocycles. The normalized spacial score (nSPS) is 13.1. The van der Waals surface area contributed by atoms with Crippen molar-refractivity contribution >= 4 is 39.9 Å². The Hall–Kier alpha value is -3.80. The van der Waals surface area contributed by atoms with E-state index in [4.69, 9.17) is 4.74 Å². The molecule has 10 nitrogen and oxygen atoms in total. The topological polar surface area (TPSA) is 146 Å². The minimum Gasteiger partial charge on any atom is -0.760 e. The van der Waals surface area contributed by atoms with Crippen molar-refractivity contribution in [2.24, 2.45) is 0 Å². The number of carbonyl (C=O) groups excluding carboxylic acids is 1. The van der Waals surface area contributed by atoms with Crippen LogP contribution in [-0.2, 0) is 17.8 Å². The van der Waals surface area contributed by atoms with Gasteiger partial charge in [0.2, 0.25) is 0 Å². The zero-order chi connectivity index (χ0) is 22.8. The molecule has 0 fully saturated rings. The molecule has 1 aliphatic rings. The predicted molar refractivity (Wildman–Crippen MR) is 119 cm³/mol. The predicted octanol–water partition coefficient (Wildman–Crippen LogP) is 3.46. The second-order valence-corrected chi connectivity index (χ2v) is 7.68. The number of nitro benzene ring substituents is 1. The summed E-state index contributed by atoms with van der Waals surface area (Å²) in [4.78, 5) is 23.3. The van der Waals surface area contributed by atoms with E-state index >= 15 is 0 Å². The number of hydrogen-bond acceptors (Lipinski definition) is 7. The largest absolute Gasteiger partial charge is 0.760 e. The summed E-state index contributed by atoms with van der Waals surface area (Å²) < 4.78 is 29.0. The van der Waals surface area contributed by atoms with Crippen molar-refractivity contribution in [3.63, 3.8) is 0 Å². The van der Waals surface area contributed by atoms with Gasteiger partial charge in [0.15, 0.2) is 5.75 Å². The monoisotopic (exact) mass is 453 g/mol. The summed E-state index contributed by atoms with van der Waals surface area (Å²) in [6.07, 6.45) is 0. The maximum absolute atomic E-state index is 12.7. The molecule has 0 spiro atoms. The van der Waals surface area contributed by atoms with Crippen LogP contribution in [0.15, 0.2) is 54.6 Å². The highest BCUT2D eigenvalue weighted by Gasteiger charge is 2.21. The van der Waals surface area contributed by atoms with Crippen LogP contribution in [0.2, 0.25) is 0 Å². The molecule has 32 heavy (non-hydrogen) atoms. The van der Waals surface area contributed by atoms with Gasteiger partial charge < -0.3 is 19.9 Å². The van der Waals surface area contributed by atoms with Gasteiger partial charge in [-0.25, -0.2) is 4.72 Å². The third-order valence-corrected chi connectivity index (χ3v) is 5.35. The molecule has 4 rings (SSSR count). The van der Waals surface area contributed by atoms with E-state index in [9.17, 15) is 23.7 Å². The molecule has 3 aromatic rings. The number of rotatable bonds is 6. The lowest BCUT2D eigenvalue weighted by Gasteiger charge is -2.13. The first-order valence-corrected chi connectivity index (χ1v) is 10.4. The van der Waals surface area contributed by atoms with Gasteiger partial charge in [-0.15, -0.1) is 0 Å². The quantitative estimate of drug-likeness (QED) is 0.294. The number of carbonyl (C=O) groups is 1. The lowest BCUT2D eigenvalue weighted by atomic mass is 10.0. The molecular formula is C21H17N4O6S-. The number of nitrogens with one attached hydrogen (secondary N) is 3. The standard InChI is InChI=1S/C21H18N4O6S/c1-31-20-10-14(4-7-19(20)25(27)28)13-3-5-15-17(9-13)23-18-8-12(11-22-32(29)30)2-6-16(18)24-21(15)26/h2-10,22-23H,11H2,1H3,(H,24,26)(H,29,30)/p-1. The Kier molecular flexibility index (Phi) is 5.86. The number of nitrogens with zero attached hydrogens (tertiary/aromatic N) is 1. The van der Waals surface area contributed by atoms with Gasteiger partial charge in [0, 0.05) is 23.9 Å². The van der Waals surface area contributed by atoms with E-state index in [1.165, 1.54) is 13.2 Å². The fourth-order valence-electron chi connectivity index (χ4n) is 3.42. The van der Waals surface area contributed by atoms with Crippen LogP contribution in [0, 0.1) is 10.1 Å². The van der Waals surface area contributed by atoms with Crippen LogP contribution in [0.5, 0.6) is 5.75 Å². The van der Waals surface area contributed by atoms with Gasteiger partial charge in [-0.1, -0.05) is 12.1 Å². The van der Waals surface area contributed by atoms with Crippen LogP contribution in [0.25, 0.3) is 11.1 Å². The number of nitro groups is 1. The van der Waals surface area contributed by atoms with Crippen molar-refractivity contribution in [1.29, 1.82) is 0 Å². The van der Waals surface area contributed by atoms with Crippen molar-refractivity contribution in [2.45, 2.75) is 6.54 Å². The van der Waals surface area contributed by atoms with Crippen molar-refractivity contribution in [2.75, 3.05) is 17.7 Å². The van der Waals surface area contributed by atoms with Gasteiger partial charge in [-0.2, -0.15) is 0 Å². The highest BCUT2D eigenvalue weighted by molar-refractivity contribution is 7.77. The summed E-state index contributed by atoms with van der Waals surface area (Å²) in [6, 6.07) is 14.9. The first-order chi connectivity index (χ1) is 15.4. The molecule has 1 atom stereocenters. The highest BCUT2D eigenvalue weighted by atomic mass is 32.2. The molecule has 0 radical (unpaired) electrons. The third kappa shape index (κ3) is 4.30. The van der Waals surface area contributed by atoms with Gasteiger partial charge in [-0.05, 0) is 53.1 Å². The zero-order valence-corrected chi connectivity index (χ0v) is 17.5. The molecule has 0 bridgehead atoms. The Bertz CT molecular complexity index is 1260. The van der Waals surface area contributed by atoms with Crippen molar-refractivity contribution < 1.29 is 23.2 Å². The van der Waals surface area contributed by atoms with Gasteiger partial charge in [0.25, 0.3) is 5.91 Å². The van der Waals surface area contributed by atoms with E-state index in [1.54, 1.807) is 48.5 Å². The molecule has 0 saturated carbocycles. The Morgan fingerprint density at radius 1 is 1.00 bits per heavy atom. The molecule has 164 valence electrons. The molecule has 3 aromatic carbocycles. The number of amides is 1. The second kappa shape index (κ2) is 8.75. The summed E-state index contributed by atoms with van der Waals surface area (Å²) in [5.74, 6) is -0.169. The average molecular weight is 453 g/mol. The SMILES string of the molecule is COc1cc(-c2ccc3c(c2)Nc2cc(CNS(=O)[O-])ccc2NC3=O)ccc1[N+](=O)[O-]. The van der Waals surface area contributed by atoms with E-state index in [2.05, 4.69) is 15.4 Å². The number of benzene rings is 3. The molecule has 1 heterocycles. The summed E-state index contributed by atoms with van der Waals surface area (Å²) in [5.41, 5.74) is 4.07. The van der Waals surface area contributed by atoms with Crippen molar-refractivity contribution in [3.8, 4) is 16.9 Å². The van der Waals surface area contributed by atoms with E-state index in [0.717, 1.165) is 5.56 Å². The van der Waals surface area contributed by atoms with Crippen LogP contribution in [0.3, 0.4) is 0 Å². The first-order valence-electron chi connectivity index (χ1n) is 9.36. The average Bonchev–Trinajstić information content (AvgIpc) is 2.91. The van der Waals surface area contributed by atoms with Gasteiger partial charge in [0.05, 0.1) is 34.7 Å². The maximum atomic E-state index is 12.7. The van der Waals surface area contributed by atoms with Gasteiger partial charge in [-0.3, -0.25) is 19.1 Å². The Labute approximate surface area is 185 Å². The molecule has 3 N–H and O–H groups in total. The summed E-state index contributed by atoms with van der Waals surface area (Å²) in [7, 11) is 1.36. The van der Waals surface area contributed by atoms with Gasteiger partial charge >= 0.3 is 5.69 Å². The molecule has 0 aliphatic carbocycles. The highest BCUT2D eigenvalue weighted by Crippen LogP contribution is 2.37. The Balaban J connectivity index is 1.72. The van der Waals surface area contributed by atoms with E-state index in [1.807, 2.05) is 0 Å². The van der Waals surface area contributed by atoms with Crippen LogP contribution in [-0.4, -0.2) is 26.7 Å². The molecule has 11 heteroatoms. The van der Waals surface area contributed by atoms with Crippen molar-refractivity contribution in [1.82, 2.24) is 4.72 Å². The van der Waals surface area contributed by atoms with Gasteiger partial charge in [0.1, 0.15) is 0 Å². The molecule has 0 aromatic heterocycles. The summed E-state index contributed by atoms with van der Waals surface area (Å²) in [6.45, 7) is 0.106. The number of ether oxygens (including phenoxy) is 1. The fraction of sp³-hybridized carbons (Fsp3) is 0.0952. The Morgan fingerprint density at radius 3 is 2.47 bits per heavy atom. The third-order valence-electron chi connectivity index (χ3n) is 4.97. The number of fused-ring (bicyclic) bond motifs is 2. The minimum atomic E-state index is -2.39. The maximum Gasteiger partial charge on any atom is 0.310 e. The minimum absolute atomic E-state index is 0.106. The fourth-order valence-corrected chi connectivity index (χ4v) is 3.71. The summed E-state index contributed by atoms with van der Waals surface area (Å²) in [5, 5.41) is 17.2. The van der Waals surface area contributed by atoms with Crippen LogP contribution in [0.4, 0.5) is 22.7 Å². The van der Waals surface area contributed by atoms with Crippen LogP contribution < -0.4 is 20.1 Å². The van der Waals surface area contributed by atoms with E-state index < -0.39 is 16.2 Å². The molecule has 1 amide bonds. The van der Waals surface area contributed by atoms with Crippen LogP contribution >= 0.6 is 0 Å². The van der Waals surface area contributed by atoms with Crippen molar-refractivity contribution in [3.05, 3.63) is 75.8 Å². The number of methoxy groups -OCH3 is 1. The molecule has 1 aliphatic heterocycles. The van der Waals surface area contributed by atoms with Crippen LogP contribution in [0.1, 0.15) is 15.9 Å².